The number of carbonyl (C=O) groups is 2. The lowest BCUT2D eigenvalue weighted by atomic mass is 9.68. The molecule has 31 heavy (non-hydrogen) atoms. The number of rotatable bonds is 4. The molecule has 2 aliphatic rings. The molecule has 1 aliphatic heterocycles. The van der Waals surface area contributed by atoms with Crippen molar-refractivity contribution >= 4 is 11.8 Å². The summed E-state index contributed by atoms with van der Waals surface area (Å²) in [5.74, 6) is -1.43. The van der Waals surface area contributed by atoms with E-state index in [0.717, 1.165) is 17.8 Å². The Hall–Kier alpha value is -2.57. The van der Waals surface area contributed by atoms with Crippen molar-refractivity contribution in [3.8, 4) is 0 Å². The molecule has 168 valence electrons. The molecule has 1 N–H and O–H groups in total. The van der Waals surface area contributed by atoms with Crippen molar-refractivity contribution in [1.82, 2.24) is 5.32 Å². The normalized spacial score (nSPS) is 22.1. The van der Waals surface area contributed by atoms with E-state index in [1.807, 2.05) is 20.8 Å². The predicted octanol–water partition coefficient (Wildman–Crippen LogP) is 5.65. The van der Waals surface area contributed by atoms with Gasteiger partial charge in [-0.25, -0.2) is 4.79 Å². The number of ketones is 1. The van der Waals surface area contributed by atoms with Gasteiger partial charge in [0.15, 0.2) is 5.78 Å². The van der Waals surface area contributed by atoms with Crippen molar-refractivity contribution in [3.63, 3.8) is 0 Å². The highest BCUT2D eigenvalue weighted by Gasteiger charge is 2.43. The van der Waals surface area contributed by atoms with Gasteiger partial charge in [0.1, 0.15) is 0 Å². The number of dihydropyridines is 1. The Morgan fingerprint density at radius 2 is 1.84 bits per heavy atom. The van der Waals surface area contributed by atoms with E-state index in [2.05, 4.69) is 5.32 Å². The van der Waals surface area contributed by atoms with Crippen LogP contribution in [0, 0.1) is 5.41 Å². The zero-order valence-corrected chi connectivity index (χ0v) is 18.4. The number of Topliss-reactive ketones (excluding diaryl/α,β-unsaturated/α-hetero) is 1. The number of benzene rings is 1. The third-order valence-electron chi connectivity index (χ3n) is 5.91. The second kappa shape index (κ2) is 8.17. The highest BCUT2D eigenvalue weighted by Crippen LogP contribution is 2.47. The molecule has 1 heterocycles. The van der Waals surface area contributed by atoms with Gasteiger partial charge in [-0.15, -0.1) is 0 Å². The maximum Gasteiger partial charge on any atom is 0.416 e. The first kappa shape index (κ1) is 23.1. The molecular weight excluding hydrogens is 407 g/mol. The Balaban J connectivity index is 2.13. The Labute approximate surface area is 180 Å². The van der Waals surface area contributed by atoms with Gasteiger partial charge in [0.2, 0.25) is 0 Å². The van der Waals surface area contributed by atoms with Gasteiger partial charge >= 0.3 is 12.1 Å². The maximum absolute atomic E-state index is 13.2. The smallest absolute Gasteiger partial charge is 0.416 e. The Kier molecular flexibility index (Phi) is 6.09. The number of ether oxygens (including phenoxy) is 1. The van der Waals surface area contributed by atoms with Gasteiger partial charge in [-0.1, -0.05) is 32.9 Å². The van der Waals surface area contributed by atoms with E-state index in [0.29, 0.717) is 36.1 Å². The summed E-state index contributed by atoms with van der Waals surface area (Å²) in [4.78, 5) is 26.2. The summed E-state index contributed by atoms with van der Waals surface area (Å²) >= 11 is 0. The summed E-state index contributed by atoms with van der Waals surface area (Å²) in [5, 5.41) is 3.22. The molecule has 2 atom stereocenters. The topological polar surface area (TPSA) is 55.4 Å². The first-order valence-electron chi connectivity index (χ1n) is 10.5. The van der Waals surface area contributed by atoms with Crippen LogP contribution in [0.4, 0.5) is 13.2 Å². The zero-order chi connectivity index (χ0) is 23.1. The Morgan fingerprint density at radius 1 is 1.23 bits per heavy atom. The second-order valence-electron chi connectivity index (χ2n) is 9.17. The monoisotopic (exact) mass is 435 g/mol. The van der Waals surface area contributed by atoms with Crippen LogP contribution in [0.1, 0.15) is 70.9 Å². The summed E-state index contributed by atoms with van der Waals surface area (Å²) in [6, 6.07) is 4.67. The van der Waals surface area contributed by atoms with Crippen LogP contribution in [0.5, 0.6) is 0 Å². The zero-order valence-electron chi connectivity index (χ0n) is 18.4. The predicted molar refractivity (Wildman–Crippen MR) is 111 cm³/mol. The molecule has 0 saturated heterocycles. The van der Waals surface area contributed by atoms with E-state index in [9.17, 15) is 22.8 Å². The van der Waals surface area contributed by atoms with Crippen LogP contribution >= 0.6 is 0 Å². The van der Waals surface area contributed by atoms with Gasteiger partial charge in [-0.05, 0) is 49.8 Å². The molecule has 0 unspecified atom stereocenters. The van der Waals surface area contributed by atoms with Crippen molar-refractivity contribution < 1.29 is 27.5 Å². The average Bonchev–Trinajstić information content (AvgIpc) is 2.65. The average molecular weight is 435 g/mol. The van der Waals surface area contributed by atoms with E-state index in [-0.39, 0.29) is 22.9 Å². The molecule has 0 spiro atoms. The molecule has 1 aromatic rings. The first-order chi connectivity index (χ1) is 14.3. The van der Waals surface area contributed by atoms with E-state index in [4.69, 9.17) is 4.74 Å². The summed E-state index contributed by atoms with van der Waals surface area (Å²) in [6.45, 7) is 9.39. The summed E-state index contributed by atoms with van der Waals surface area (Å²) in [5.41, 5.74) is 1.44. The number of carbonyl (C=O) groups excluding carboxylic acids is 2. The van der Waals surface area contributed by atoms with Gasteiger partial charge in [-0.2, -0.15) is 13.2 Å². The third kappa shape index (κ3) is 4.70. The lowest BCUT2D eigenvalue weighted by Gasteiger charge is -2.39. The molecule has 4 nitrogen and oxygen atoms in total. The van der Waals surface area contributed by atoms with Crippen LogP contribution in [0.3, 0.4) is 0 Å². The van der Waals surface area contributed by atoms with E-state index in [1.54, 1.807) is 13.8 Å². The molecule has 3 rings (SSSR count). The van der Waals surface area contributed by atoms with Gasteiger partial charge in [-0.3, -0.25) is 4.79 Å². The quantitative estimate of drug-likeness (QED) is 0.621. The Morgan fingerprint density at radius 3 is 2.39 bits per heavy atom. The van der Waals surface area contributed by atoms with Crippen molar-refractivity contribution in [2.24, 2.45) is 5.41 Å². The largest absolute Gasteiger partial charge is 0.459 e. The fraction of sp³-hybridized carbons (Fsp3) is 0.500. The minimum absolute atomic E-state index is 0.106. The lowest BCUT2D eigenvalue weighted by molar-refractivity contribution is -0.144. The third-order valence-corrected chi connectivity index (χ3v) is 5.91. The molecular formula is C24H28F3NO3. The molecule has 1 aliphatic carbocycles. The number of nitrogens with one attached hydrogen (secondary N) is 1. The number of allylic oxidation sites excluding steroid dienone is 3. The van der Waals surface area contributed by atoms with Gasteiger partial charge in [0, 0.05) is 29.3 Å². The van der Waals surface area contributed by atoms with Crippen LogP contribution in [0.15, 0.2) is 46.8 Å². The minimum atomic E-state index is -4.47. The molecule has 0 radical (unpaired) electrons. The van der Waals surface area contributed by atoms with E-state index in [1.165, 1.54) is 12.1 Å². The standard InChI is InChI=1S/C24H28F3NO3/c1-6-13(2)31-22(30)19-14(3)28-17-11-23(4,5)12-18(29)21(17)20(19)15-7-9-16(10-8-15)24(25,26)27/h7-10,13,20,28H,6,11-12H2,1-5H3/t13-,20+/m1/s1. The number of hydrogen-bond acceptors (Lipinski definition) is 4. The van der Waals surface area contributed by atoms with Gasteiger partial charge in [0.25, 0.3) is 0 Å². The SMILES string of the molecule is CC[C@@H](C)OC(=O)C1=C(C)NC2=C(C(=O)CC(C)(C)C2)[C@H]1c1ccc(C(F)(F)F)cc1. The highest BCUT2D eigenvalue weighted by molar-refractivity contribution is 6.04. The molecule has 0 amide bonds. The number of hydrogen-bond donors (Lipinski definition) is 1. The fourth-order valence-corrected chi connectivity index (χ4v) is 4.23. The molecule has 0 aromatic heterocycles. The summed E-state index contributed by atoms with van der Waals surface area (Å²) in [7, 11) is 0. The molecule has 0 saturated carbocycles. The van der Waals surface area contributed by atoms with Crippen LogP contribution in [0.2, 0.25) is 0 Å². The molecule has 7 heteroatoms. The molecule has 0 fully saturated rings. The maximum atomic E-state index is 13.2. The molecule has 1 aromatic carbocycles. The first-order valence-corrected chi connectivity index (χ1v) is 10.5. The van der Waals surface area contributed by atoms with Crippen molar-refractivity contribution in [3.05, 3.63) is 57.9 Å². The summed E-state index contributed by atoms with van der Waals surface area (Å²) in [6.07, 6.45) is -3.26. The number of esters is 1. The van der Waals surface area contributed by atoms with Crippen LogP contribution in [-0.2, 0) is 20.5 Å². The van der Waals surface area contributed by atoms with Gasteiger partial charge < -0.3 is 10.1 Å². The number of alkyl halides is 3. The van der Waals surface area contributed by atoms with Crippen molar-refractivity contribution in [1.29, 1.82) is 0 Å². The van der Waals surface area contributed by atoms with Crippen molar-refractivity contribution in [2.75, 3.05) is 0 Å². The lowest BCUT2D eigenvalue weighted by Crippen LogP contribution is -2.39. The Bertz CT molecular complexity index is 955. The summed E-state index contributed by atoms with van der Waals surface area (Å²) < 4.78 is 44.8. The fourth-order valence-electron chi connectivity index (χ4n) is 4.23. The van der Waals surface area contributed by atoms with E-state index >= 15 is 0 Å². The number of halogens is 3. The van der Waals surface area contributed by atoms with Crippen LogP contribution in [0.25, 0.3) is 0 Å². The minimum Gasteiger partial charge on any atom is -0.459 e. The molecule has 0 bridgehead atoms. The van der Waals surface area contributed by atoms with Crippen LogP contribution in [-0.4, -0.2) is 17.9 Å². The van der Waals surface area contributed by atoms with E-state index < -0.39 is 23.6 Å². The second-order valence-corrected chi connectivity index (χ2v) is 9.17. The van der Waals surface area contributed by atoms with Gasteiger partial charge in [0.05, 0.1) is 17.2 Å². The van der Waals surface area contributed by atoms with Crippen molar-refractivity contribution in [2.45, 2.75) is 72.1 Å². The highest BCUT2D eigenvalue weighted by atomic mass is 19.4. The van der Waals surface area contributed by atoms with Crippen LogP contribution < -0.4 is 5.32 Å².